The van der Waals surface area contributed by atoms with Gasteiger partial charge in [-0.25, -0.2) is 9.78 Å². The second kappa shape index (κ2) is 5.68. The zero-order valence-corrected chi connectivity index (χ0v) is 12.2. The van der Waals surface area contributed by atoms with Gasteiger partial charge in [0.1, 0.15) is 6.33 Å². The number of carbonyl (C=O) groups is 1. The molecule has 1 aromatic carbocycles. The molecule has 0 saturated heterocycles. The molecule has 0 atom stereocenters. The topological polar surface area (TPSA) is 89.7 Å². The Balaban J connectivity index is 1.64. The molecule has 2 N–H and O–H groups in total. The number of hydrogen-bond donors (Lipinski definition) is 2. The minimum absolute atomic E-state index is 0.345. The van der Waals surface area contributed by atoms with Gasteiger partial charge in [-0.3, -0.25) is 14.7 Å². The van der Waals surface area contributed by atoms with Crippen LogP contribution < -0.4 is 10.6 Å². The summed E-state index contributed by atoms with van der Waals surface area (Å²) in [4.78, 5) is 16.0. The molecule has 0 bridgehead atoms. The van der Waals surface area contributed by atoms with E-state index >= 15 is 0 Å². The Morgan fingerprint density at radius 1 is 1.00 bits per heavy atom. The van der Waals surface area contributed by atoms with E-state index in [1.54, 1.807) is 47.1 Å². The van der Waals surface area contributed by atoms with E-state index in [0.717, 1.165) is 5.56 Å². The van der Waals surface area contributed by atoms with Crippen molar-refractivity contribution >= 4 is 17.5 Å². The Morgan fingerprint density at radius 2 is 1.77 bits per heavy atom. The molecule has 0 fully saturated rings. The first-order chi connectivity index (χ1) is 10.6. The lowest BCUT2D eigenvalue weighted by Gasteiger charge is -2.06. The van der Waals surface area contributed by atoms with Crippen molar-refractivity contribution < 1.29 is 4.79 Å². The Labute approximate surface area is 126 Å². The van der Waals surface area contributed by atoms with Crippen LogP contribution in [-0.4, -0.2) is 30.6 Å². The first-order valence-corrected chi connectivity index (χ1v) is 6.64. The van der Waals surface area contributed by atoms with Crippen LogP contribution in [0.15, 0.2) is 42.9 Å². The highest BCUT2D eigenvalue weighted by molar-refractivity contribution is 5.99. The van der Waals surface area contributed by atoms with Crippen LogP contribution in [-0.2, 0) is 14.1 Å². The van der Waals surface area contributed by atoms with E-state index in [2.05, 4.69) is 25.8 Å². The third kappa shape index (κ3) is 3.11. The number of aryl methyl sites for hydroxylation is 2. The standard InChI is InChI=1S/C14H15N7O/c1-20-8-7-12(18-20)17-14(22)16-11-5-3-10(4-6-11)13-15-9-21(2)19-13/h3-9H,1-2H3,(H2,16,17,18,22). The van der Waals surface area contributed by atoms with E-state index in [9.17, 15) is 4.79 Å². The predicted octanol–water partition coefficient (Wildman–Crippen LogP) is 1.86. The molecule has 2 amide bonds. The van der Waals surface area contributed by atoms with Gasteiger partial charge in [-0.1, -0.05) is 0 Å². The van der Waals surface area contributed by atoms with Crippen molar-refractivity contribution in [3.05, 3.63) is 42.9 Å². The molecule has 0 aliphatic heterocycles. The highest BCUT2D eigenvalue weighted by Crippen LogP contribution is 2.17. The minimum atomic E-state index is -0.345. The summed E-state index contributed by atoms with van der Waals surface area (Å²) >= 11 is 0. The molecular formula is C14H15N7O. The molecule has 2 heterocycles. The maximum absolute atomic E-state index is 11.8. The van der Waals surface area contributed by atoms with E-state index in [-0.39, 0.29) is 6.03 Å². The van der Waals surface area contributed by atoms with Crippen LogP contribution in [0.4, 0.5) is 16.3 Å². The van der Waals surface area contributed by atoms with Gasteiger partial charge in [0.15, 0.2) is 11.6 Å². The normalized spacial score (nSPS) is 10.5. The lowest BCUT2D eigenvalue weighted by Crippen LogP contribution is -2.19. The number of amides is 2. The third-order valence-electron chi connectivity index (χ3n) is 2.96. The van der Waals surface area contributed by atoms with Crippen LogP contribution in [0.2, 0.25) is 0 Å². The molecule has 8 heteroatoms. The lowest BCUT2D eigenvalue weighted by molar-refractivity contribution is 0.262. The van der Waals surface area contributed by atoms with Crippen molar-refractivity contribution in [3.8, 4) is 11.4 Å². The number of benzene rings is 1. The molecule has 3 aromatic rings. The van der Waals surface area contributed by atoms with Crippen molar-refractivity contribution in [2.45, 2.75) is 0 Å². The average molecular weight is 297 g/mol. The molecule has 0 unspecified atom stereocenters. The van der Waals surface area contributed by atoms with Crippen molar-refractivity contribution in [1.82, 2.24) is 24.5 Å². The molecule has 0 aliphatic carbocycles. The first-order valence-electron chi connectivity index (χ1n) is 6.64. The van der Waals surface area contributed by atoms with Gasteiger partial charge in [-0.05, 0) is 24.3 Å². The van der Waals surface area contributed by atoms with Gasteiger partial charge in [0.25, 0.3) is 0 Å². The van der Waals surface area contributed by atoms with Crippen LogP contribution in [0.1, 0.15) is 0 Å². The summed E-state index contributed by atoms with van der Waals surface area (Å²) in [6.45, 7) is 0. The van der Waals surface area contributed by atoms with Crippen molar-refractivity contribution in [2.75, 3.05) is 10.6 Å². The zero-order valence-electron chi connectivity index (χ0n) is 12.2. The quantitative estimate of drug-likeness (QED) is 0.772. The van der Waals surface area contributed by atoms with Crippen LogP contribution in [0.5, 0.6) is 0 Å². The summed E-state index contributed by atoms with van der Waals surface area (Å²) in [6, 6.07) is 8.67. The Hall–Kier alpha value is -3.16. The largest absolute Gasteiger partial charge is 0.324 e. The number of anilines is 2. The van der Waals surface area contributed by atoms with Crippen LogP contribution in [0, 0.1) is 0 Å². The maximum Gasteiger partial charge on any atom is 0.324 e. The van der Waals surface area contributed by atoms with E-state index in [4.69, 9.17) is 0 Å². The van der Waals surface area contributed by atoms with Crippen molar-refractivity contribution in [2.24, 2.45) is 14.1 Å². The van der Waals surface area contributed by atoms with Gasteiger partial charge in [0, 0.05) is 37.6 Å². The number of urea groups is 1. The molecule has 8 nitrogen and oxygen atoms in total. The maximum atomic E-state index is 11.8. The van der Waals surface area contributed by atoms with E-state index in [1.807, 2.05) is 19.2 Å². The van der Waals surface area contributed by atoms with Gasteiger partial charge >= 0.3 is 6.03 Å². The Morgan fingerprint density at radius 3 is 2.36 bits per heavy atom. The summed E-state index contributed by atoms with van der Waals surface area (Å²) in [5, 5.41) is 13.7. The van der Waals surface area contributed by atoms with Crippen molar-refractivity contribution in [3.63, 3.8) is 0 Å². The smallest absolute Gasteiger partial charge is 0.308 e. The average Bonchev–Trinajstić information content (AvgIpc) is 3.08. The number of rotatable bonds is 3. The van der Waals surface area contributed by atoms with E-state index in [1.165, 1.54) is 0 Å². The van der Waals surface area contributed by atoms with Gasteiger partial charge in [-0.2, -0.15) is 10.2 Å². The molecule has 22 heavy (non-hydrogen) atoms. The number of carbonyl (C=O) groups excluding carboxylic acids is 1. The lowest BCUT2D eigenvalue weighted by atomic mass is 10.2. The number of nitrogens with zero attached hydrogens (tertiary/aromatic N) is 5. The third-order valence-corrected chi connectivity index (χ3v) is 2.96. The van der Waals surface area contributed by atoms with E-state index in [0.29, 0.717) is 17.3 Å². The van der Waals surface area contributed by atoms with Crippen molar-refractivity contribution in [1.29, 1.82) is 0 Å². The minimum Gasteiger partial charge on any atom is -0.308 e. The monoisotopic (exact) mass is 297 g/mol. The second-order valence-electron chi connectivity index (χ2n) is 4.77. The first kappa shape index (κ1) is 13.8. The predicted molar refractivity (Wildman–Crippen MR) is 82.3 cm³/mol. The molecule has 0 spiro atoms. The van der Waals surface area contributed by atoms with Gasteiger partial charge in [0.05, 0.1) is 0 Å². The van der Waals surface area contributed by atoms with Gasteiger partial charge in [-0.15, -0.1) is 0 Å². The van der Waals surface area contributed by atoms with E-state index < -0.39 is 0 Å². The number of nitrogens with one attached hydrogen (secondary N) is 2. The van der Waals surface area contributed by atoms with Gasteiger partial charge < -0.3 is 5.32 Å². The molecular weight excluding hydrogens is 282 g/mol. The fourth-order valence-corrected chi connectivity index (χ4v) is 1.93. The molecule has 3 rings (SSSR count). The zero-order chi connectivity index (χ0) is 15.5. The molecule has 0 aliphatic rings. The summed E-state index contributed by atoms with van der Waals surface area (Å²) in [5.74, 6) is 1.14. The highest BCUT2D eigenvalue weighted by Gasteiger charge is 2.06. The number of aromatic nitrogens is 5. The molecule has 112 valence electrons. The highest BCUT2D eigenvalue weighted by atomic mass is 16.2. The summed E-state index contributed by atoms with van der Waals surface area (Å²) < 4.78 is 3.26. The summed E-state index contributed by atoms with van der Waals surface area (Å²) in [6.07, 6.45) is 3.39. The number of hydrogen-bond acceptors (Lipinski definition) is 4. The Kier molecular flexibility index (Phi) is 3.57. The fourth-order valence-electron chi connectivity index (χ4n) is 1.93. The summed E-state index contributed by atoms with van der Waals surface area (Å²) in [5.41, 5.74) is 1.56. The second-order valence-corrected chi connectivity index (χ2v) is 4.77. The molecule has 0 saturated carbocycles. The Bertz CT molecular complexity index is 788. The SMILES string of the molecule is Cn1ccc(NC(=O)Nc2ccc(-c3ncn(C)n3)cc2)n1. The molecule has 2 aromatic heterocycles. The van der Waals surface area contributed by atoms with Crippen LogP contribution in [0.25, 0.3) is 11.4 Å². The summed E-state index contributed by atoms with van der Waals surface area (Å²) in [7, 11) is 3.60. The van der Waals surface area contributed by atoms with Gasteiger partial charge in [0.2, 0.25) is 0 Å². The van der Waals surface area contributed by atoms with Crippen LogP contribution in [0.3, 0.4) is 0 Å². The molecule has 0 radical (unpaired) electrons. The van der Waals surface area contributed by atoms with Crippen LogP contribution >= 0.6 is 0 Å². The fraction of sp³-hybridized carbons (Fsp3) is 0.143.